The first kappa shape index (κ1) is 13.2. The average molecular weight is 193 g/mol. The lowest BCUT2D eigenvalue weighted by atomic mass is 9.91. The van der Waals surface area contributed by atoms with Gasteiger partial charge in [-0.1, -0.05) is 47.8 Å². The van der Waals surface area contributed by atoms with Gasteiger partial charge in [-0.3, -0.25) is 4.99 Å². The van der Waals surface area contributed by atoms with Crippen LogP contribution in [0.1, 0.15) is 41.0 Å². The first-order valence-electron chi connectivity index (χ1n) is 5.13. The Bertz CT molecular complexity index is 238. The molecule has 1 heteroatoms. The minimum atomic E-state index is 0.258. The SMILES string of the molecule is C=C(CC(C)(C)C)N=CC(=C)C(C)C. The summed E-state index contributed by atoms with van der Waals surface area (Å²) in [5, 5.41) is 0. The summed E-state index contributed by atoms with van der Waals surface area (Å²) in [4.78, 5) is 4.31. The normalized spacial score (nSPS) is 12.4. The summed E-state index contributed by atoms with van der Waals surface area (Å²) in [5.41, 5.74) is 2.24. The average Bonchev–Trinajstić information content (AvgIpc) is 1.96. The predicted octanol–water partition coefficient (Wildman–Crippen LogP) is 4.22. The van der Waals surface area contributed by atoms with Crippen LogP contribution in [0.3, 0.4) is 0 Å². The van der Waals surface area contributed by atoms with Crippen molar-refractivity contribution in [3.05, 3.63) is 24.4 Å². The molecule has 0 aromatic heterocycles. The molecule has 0 aliphatic rings. The van der Waals surface area contributed by atoms with Crippen LogP contribution < -0.4 is 0 Å². The molecule has 0 unspecified atom stereocenters. The highest BCUT2D eigenvalue weighted by molar-refractivity contribution is 5.78. The van der Waals surface area contributed by atoms with Crippen molar-refractivity contribution in [1.82, 2.24) is 0 Å². The van der Waals surface area contributed by atoms with Crippen LogP contribution >= 0.6 is 0 Å². The Morgan fingerprint density at radius 2 is 1.79 bits per heavy atom. The molecule has 80 valence electrons. The lowest BCUT2D eigenvalue weighted by Crippen LogP contribution is -2.05. The summed E-state index contributed by atoms with van der Waals surface area (Å²) in [6.45, 7) is 18.6. The molecule has 0 saturated heterocycles. The lowest BCUT2D eigenvalue weighted by molar-refractivity contribution is 0.409. The molecule has 0 N–H and O–H groups in total. The second kappa shape index (κ2) is 5.14. The molecule has 14 heavy (non-hydrogen) atoms. The highest BCUT2D eigenvalue weighted by Crippen LogP contribution is 2.23. The number of nitrogens with zero attached hydrogens (tertiary/aromatic N) is 1. The number of hydrogen-bond acceptors (Lipinski definition) is 1. The standard InChI is InChI=1S/C13H23N/c1-10(2)11(3)9-14-12(4)8-13(5,6)7/h9-10H,3-4,8H2,1-2,5-7H3. The van der Waals surface area contributed by atoms with Crippen LogP contribution in [0.4, 0.5) is 0 Å². The van der Waals surface area contributed by atoms with Crippen molar-refractivity contribution in [2.24, 2.45) is 16.3 Å². The summed E-state index contributed by atoms with van der Waals surface area (Å²) in [6.07, 6.45) is 2.76. The molecule has 0 aliphatic carbocycles. The maximum Gasteiger partial charge on any atom is 0.0337 e. The summed E-state index contributed by atoms with van der Waals surface area (Å²) in [5.74, 6) is 0.459. The van der Waals surface area contributed by atoms with Gasteiger partial charge in [0.1, 0.15) is 0 Å². The fourth-order valence-electron chi connectivity index (χ4n) is 0.981. The summed E-state index contributed by atoms with van der Waals surface area (Å²) in [7, 11) is 0. The Morgan fingerprint density at radius 3 is 2.14 bits per heavy atom. The van der Waals surface area contributed by atoms with Crippen molar-refractivity contribution in [3.8, 4) is 0 Å². The summed E-state index contributed by atoms with van der Waals surface area (Å²) < 4.78 is 0. The second-order valence-electron chi connectivity index (χ2n) is 5.29. The van der Waals surface area contributed by atoms with E-state index in [4.69, 9.17) is 0 Å². The molecule has 0 aromatic carbocycles. The second-order valence-corrected chi connectivity index (χ2v) is 5.29. The van der Waals surface area contributed by atoms with E-state index in [1.54, 1.807) is 0 Å². The summed E-state index contributed by atoms with van der Waals surface area (Å²) >= 11 is 0. The van der Waals surface area contributed by atoms with E-state index in [0.717, 1.165) is 17.7 Å². The van der Waals surface area contributed by atoms with Gasteiger partial charge in [0.25, 0.3) is 0 Å². The van der Waals surface area contributed by atoms with Gasteiger partial charge in [-0.15, -0.1) is 0 Å². The third kappa shape index (κ3) is 6.64. The maximum absolute atomic E-state index is 4.31. The number of rotatable bonds is 4. The molecule has 0 saturated carbocycles. The third-order valence-electron chi connectivity index (χ3n) is 1.89. The van der Waals surface area contributed by atoms with Crippen molar-refractivity contribution in [2.45, 2.75) is 41.0 Å². The van der Waals surface area contributed by atoms with Crippen molar-refractivity contribution < 1.29 is 0 Å². The van der Waals surface area contributed by atoms with Crippen LogP contribution in [-0.2, 0) is 0 Å². The molecule has 0 fully saturated rings. The van der Waals surface area contributed by atoms with Crippen molar-refractivity contribution in [2.75, 3.05) is 0 Å². The molecular weight excluding hydrogens is 170 g/mol. The highest BCUT2D eigenvalue weighted by Gasteiger charge is 2.11. The van der Waals surface area contributed by atoms with Gasteiger partial charge in [-0.2, -0.15) is 0 Å². The Balaban J connectivity index is 4.14. The Kier molecular flexibility index (Phi) is 4.82. The lowest BCUT2D eigenvalue weighted by Gasteiger charge is -2.17. The van der Waals surface area contributed by atoms with Crippen molar-refractivity contribution in [1.29, 1.82) is 0 Å². The van der Waals surface area contributed by atoms with Gasteiger partial charge < -0.3 is 0 Å². The van der Waals surface area contributed by atoms with E-state index in [1.165, 1.54) is 0 Å². The number of allylic oxidation sites excluding steroid dienone is 2. The first-order valence-corrected chi connectivity index (χ1v) is 5.13. The molecule has 1 nitrogen and oxygen atoms in total. The largest absolute Gasteiger partial charge is 0.262 e. The zero-order valence-electron chi connectivity index (χ0n) is 10.2. The van der Waals surface area contributed by atoms with Crippen LogP contribution in [0.2, 0.25) is 0 Å². The van der Waals surface area contributed by atoms with Gasteiger partial charge in [0.05, 0.1) is 0 Å². The van der Waals surface area contributed by atoms with Gasteiger partial charge in [0, 0.05) is 11.9 Å². The predicted molar refractivity (Wildman–Crippen MR) is 65.7 cm³/mol. The van der Waals surface area contributed by atoms with Crippen LogP contribution in [0, 0.1) is 11.3 Å². The van der Waals surface area contributed by atoms with Crippen LogP contribution in [0.5, 0.6) is 0 Å². The van der Waals surface area contributed by atoms with E-state index in [0.29, 0.717) is 5.92 Å². The fourth-order valence-corrected chi connectivity index (χ4v) is 0.981. The molecule has 0 radical (unpaired) electrons. The minimum absolute atomic E-state index is 0.258. The topological polar surface area (TPSA) is 12.4 Å². The molecule has 0 heterocycles. The van der Waals surface area contributed by atoms with Gasteiger partial charge in [0.15, 0.2) is 0 Å². The molecule has 0 spiro atoms. The van der Waals surface area contributed by atoms with Crippen molar-refractivity contribution >= 4 is 6.21 Å². The number of hydrogen-bond donors (Lipinski definition) is 0. The van der Waals surface area contributed by atoms with E-state index in [9.17, 15) is 0 Å². The Morgan fingerprint density at radius 1 is 1.29 bits per heavy atom. The molecule has 0 bridgehead atoms. The monoisotopic (exact) mass is 193 g/mol. The van der Waals surface area contributed by atoms with Gasteiger partial charge in [-0.25, -0.2) is 0 Å². The zero-order chi connectivity index (χ0) is 11.4. The first-order chi connectivity index (χ1) is 6.22. The molecule has 0 atom stereocenters. The smallest absolute Gasteiger partial charge is 0.0337 e. The third-order valence-corrected chi connectivity index (χ3v) is 1.89. The van der Waals surface area contributed by atoms with E-state index in [1.807, 2.05) is 6.21 Å². The van der Waals surface area contributed by atoms with E-state index >= 15 is 0 Å². The Hall–Kier alpha value is -0.850. The number of aliphatic imine (C=N–C) groups is 1. The maximum atomic E-state index is 4.31. The molecule has 0 aliphatic heterocycles. The van der Waals surface area contributed by atoms with Crippen LogP contribution in [0.15, 0.2) is 29.4 Å². The quantitative estimate of drug-likeness (QED) is 0.593. The van der Waals surface area contributed by atoms with E-state index < -0.39 is 0 Å². The summed E-state index contributed by atoms with van der Waals surface area (Å²) in [6, 6.07) is 0. The molecule has 0 rings (SSSR count). The zero-order valence-corrected chi connectivity index (χ0v) is 10.2. The molecule has 0 aromatic rings. The molecule has 0 amide bonds. The van der Waals surface area contributed by atoms with Crippen molar-refractivity contribution in [3.63, 3.8) is 0 Å². The van der Waals surface area contributed by atoms with Crippen LogP contribution in [0.25, 0.3) is 0 Å². The van der Waals surface area contributed by atoms with Crippen LogP contribution in [-0.4, -0.2) is 6.21 Å². The van der Waals surface area contributed by atoms with E-state index in [-0.39, 0.29) is 5.41 Å². The van der Waals surface area contributed by atoms with Gasteiger partial charge in [0.2, 0.25) is 0 Å². The fraction of sp³-hybridized carbons (Fsp3) is 0.615. The highest BCUT2D eigenvalue weighted by atomic mass is 14.7. The minimum Gasteiger partial charge on any atom is -0.262 e. The van der Waals surface area contributed by atoms with Gasteiger partial charge >= 0.3 is 0 Å². The van der Waals surface area contributed by atoms with Gasteiger partial charge in [-0.05, 0) is 23.3 Å². The molecular formula is C13H23N. The Labute approximate surface area is 88.6 Å². The van der Waals surface area contributed by atoms with E-state index in [2.05, 4.69) is 52.8 Å².